The number of nitrogen functional groups attached to an aromatic ring is 1. The molecule has 0 atom stereocenters. The fraction of sp³-hybridized carbons (Fsp3) is 0.200. The van der Waals surface area contributed by atoms with Crippen molar-refractivity contribution in [1.29, 1.82) is 5.26 Å². The second kappa shape index (κ2) is 4.87. The van der Waals surface area contributed by atoms with Gasteiger partial charge in [0.05, 0.1) is 4.92 Å². The lowest BCUT2D eigenvalue weighted by atomic mass is 9.94. The Morgan fingerprint density at radius 1 is 1.29 bits per heavy atom. The van der Waals surface area contributed by atoms with Crippen molar-refractivity contribution in [1.82, 2.24) is 0 Å². The van der Waals surface area contributed by atoms with Crippen molar-refractivity contribution in [2.24, 2.45) is 0 Å². The molecule has 21 heavy (non-hydrogen) atoms. The third-order valence-electron chi connectivity index (χ3n) is 3.80. The number of non-ortho nitro benzene ring substituents is 1. The number of aromatic amines is 1. The molecule has 1 aromatic heterocycles. The molecule has 0 aliphatic heterocycles. The molecule has 1 aliphatic rings. The van der Waals surface area contributed by atoms with Crippen LogP contribution in [0.4, 0.5) is 11.5 Å². The standard InChI is InChI=1S/C15H12N4O2/c16-8-12-14(9-4-6-10(7-5-9)19(20)21)11-2-1-3-13(11)18-15(12)17/h4-7H,1-3H2,(H2,17,18)/p+1. The summed E-state index contributed by atoms with van der Waals surface area (Å²) in [5, 5.41) is 20.1. The number of aryl methyl sites for hydroxylation is 1. The molecule has 3 N–H and O–H groups in total. The van der Waals surface area contributed by atoms with Crippen LogP contribution >= 0.6 is 0 Å². The van der Waals surface area contributed by atoms with Crippen LogP contribution in [-0.4, -0.2) is 4.92 Å². The van der Waals surface area contributed by atoms with Gasteiger partial charge in [-0.05, 0) is 30.5 Å². The van der Waals surface area contributed by atoms with E-state index < -0.39 is 4.92 Å². The minimum atomic E-state index is -0.438. The molecule has 1 aliphatic carbocycles. The summed E-state index contributed by atoms with van der Waals surface area (Å²) in [5.41, 5.74) is 10.1. The summed E-state index contributed by atoms with van der Waals surface area (Å²) in [6.45, 7) is 0. The SMILES string of the molecule is N#Cc1c(N)[nH+]c2c(c1-c1ccc([N+](=O)[O-])cc1)CCC2. The summed E-state index contributed by atoms with van der Waals surface area (Å²) in [4.78, 5) is 13.4. The van der Waals surface area contributed by atoms with E-state index in [0.717, 1.165) is 41.6 Å². The zero-order valence-electron chi connectivity index (χ0n) is 11.2. The zero-order chi connectivity index (χ0) is 15.0. The van der Waals surface area contributed by atoms with Gasteiger partial charge < -0.3 is 0 Å². The molecule has 104 valence electrons. The molecule has 6 heteroatoms. The Kier molecular flexibility index (Phi) is 3.03. The largest absolute Gasteiger partial charge is 0.289 e. The van der Waals surface area contributed by atoms with E-state index in [1.807, 2.05) is 0 Å². The molecule has 0 radical (unpaired) electrons. The van der Waals surface area contributed by atoms with E-state index in [0.29, 0.717) is 11.4 Å². The first-order chi connectivity index (χ1) is 10.1. The average molecular weight is 281 g/mol. The Balaban J connectivity index is 2.22. The van der Waals surface area contributed by atoms with E-state index in [4.69, 9.17) is 5.73 Å². The number of pyridine rings is 1. The maximum Gasteiger partial charge on any atom is 0.289 e. The van der Waals surface area contributed by atoms with Crippen molar-refractivity contribution in [3.05, 3.63) is 51.2 Å². The summed E-state index contributed by atoms with van der Waals surface area (Å²) in [7, 11) is 0. The van der Waals surface area contributed by atoms with Gasteiger partial charge in [-0.1, -0.05) is 0 Å². The van der Waals surface area contributed by atoms with Crippen LogP contribution in [0.2, 0.25) is 0 Å². The summed E-state index contributed by atoms with van der Waals surface area (Å²) in [5.74, 6) is 0.353. The normalized spacial score (nSPS) is 12.7. The number of nitrogens with two attached hydrogens (primary N) is 1. The molecule has 0 spiro atoms. The van der Waals surface area contributed by atoms with E-state index >= 15 is 0 Å². The number of fused-ring (bicyclic) bond motifs is 1. The van der Waals surface area contributed by atoms with Gasteiger partial charge in [0.1, 0.15) is 17.3 Å². The van der Waals surface area contributed by atoms with Crippen LogP contribution in [0.1, 0.15) is 23.2 Å². The lowest BCUT2D eigenvalue weighted by Crippen LogP contribution is -2.19. The third kappa shape index (κ3) is 2.09. The first-order valence-corrected chi connectivity index (χ1v) is 6.63. The van der Waals surface area contributed by atoms with Gasteiger partial charge in [0.2, 0.25) is 0 Å². The highest BCUT2D eigenvalue weighted by molar-refractivity contribution is 5.78. The zero-order valence-corrected chi connectivity index (χ0v) is 11.2. The fourth-order valence-electron chi connectivity index (χ4n) is 2.85. The van der Waals surface area contributed by atoms with Crippen molar-refractivity contribution in [2.45, 2.75) is 19.3 Å². The molecule has 1 aromatic carbocycles. The number of nitriles is 1. The van der Waals surface area contributed by atoms with Crippen molar-refractivity contribution >= 4 is 11.5 Å². The molecule has 6 nitrogen and oxygen atoms in total. The highest BCUT2D eigenvalue weighted by Gasteiger charge is 2.26. The second-order valence-corrected chi connectivity index (χ2v) is 5.02. The lowest BCUT2D eigenvalue weighted by Gasteiger charge is -2.09. The topological polar surface area (TPSA) is 107 Å². The molecule has 0 saturated heterocycles. The molecule has 3 rings (SSSR count). The van der Waals surface area contributed by atoms with E-state index in [2.05, 4.69) is 11.1 Å². The van der Waals surface area contributed by atoms with Crippen LogP contribution < -0.4 is 10.7 Å². The Bertz CT molecular complexity index is 775. The quantitative estimate of drug-likeness (QED) is 0.671. The number of hydrogen-bond donors (Lipinski definition) is 1. The smallest absolute Gasteiger partial charge is 0.286 e. The Labute approximate surface area is 121 Å². The van der Waals surface area contributed by atoms with Crippen LogP contribution in [0.25, 0.3) is 11.1 Å². The van der Waals surface area contributed by atoms with Gasteiger partial charge >= 0.3 is 0 Å². The molecule has 0 fully saturated rings. The van der Waals surface area contributed by atoms with Crippen molar-refractivity contribution in [3.8, 4) is 17.2 Å². The molecule has 2 aromatic rings. The van der Waals surface area contributed by atoms with Gasteiger partial charge in [-0.3, -0.25) is 15.8 Å². The minimum Gasteiger partial charge on any atom is -0.286 e. The van der Waals surface area contributed by atoms with Crippen LogP contribution in [0.15, 0.2) is 24.3 Å². The number of nitrogens with one attached hydrogen (secondary N) is 1. The number of hydrogen-bond acceptors (Lipinski definition) is 4. The highest BCUT2D eigenvalue weighted by Crippen LogP contribution is 2.35. The average Bonchev–Trinajstić information content (AvgIpc) is 2.93. The van der Waals surface area contributed by atoms with Crippen LogP contribution in [0, 0.1) is 21.4 Å². The molecular weight excluding hydrogens is 268 g/mol. The van der Waals surface area contributed by atoms with E-state index in [1.54, 1.807) is 12.1 Å². The highest BCUT2D eigenvalue weighted by atomic mass is 16.6. The van der Waals surface area contributed by atoms with E-state index in [9.17, 15) is 15.4 Å². The predicted octanol–water partition coefficient (Wildman–Crippen LogP) is 2.02. The summed E-state index contributed by atoms with van der Waals surface area (Å²) < 4.78 is 0. The molecular formula is C15H13N4O2+. The molecule has 0 bridgehead atoms. The lowest BCUT2D eigenvalue weighted by molar-refractivity contribution is -0.384. The first-order valence-electron chi connectivity index (χ1n) is 6.63. The number of nitro benzene ring substituents is 1. The van der Waals surface area contributed by atoms with Gasteiger partial charge in [0, 0.05) is 29.7 Å². The summed E-state index contributed by atoms with van der Waals surface area (Å²) >= 11 is 0. The monoisotopic (exact) mass is 281 g/mol. The summed E-state index contributed by atoms with van der Waals surface area (Å²) in [6, 6.07) is 8.38. The van der Waals surface area contributed by atoms with Crippen molar-refractivity contribution in [3.63, 3.8) is 0 Å². The van der Waals surface area contributed by atoms with Crippen molar-refractivity contribution < 1.29 is 9.91 Å². The molecule has 0 saturated carbocycles. The maximum atomic E-state index is 10.7. The number of anilines is 1. The van der Waals surface area contributed by atoms with Crippen LogP contribution in [-0.2, 0) is 12.8 Å². The predicted molar refractivity (Wildman–Crippen MR) is 76.2 cm³/mol. The Morgan fingerprint density at radius 3 is 2.62 bits per heavy atom. The molecule has 1 heterocycles. The van der Waals surface area contributed by atoms with E-state index in [1.165, 1.54) is 12.1 Å². The van der Waals surface area contributed by atoms with E-state index in [-0.39, 0.29) is 5.69 Å². The first kappa shape index (κ1) is 13.1. The number of aromatic nitrogens is 1. The number of rotatable bonds is 2. The fourth-order valence-corrected chi connectivity index (χ4v) is 2.85. The van der Waals surface area contributed by atoms with Gasteiger partial charge in [-0.2, -0.15) is 5.26 Å². The van der Waals surface area contributed by atoms with Crippen LogP contribution in [0.3, 0.4) is 0 Å². The Morgan fingerprint density at radius 2 is 2.00 bits per heavy atom. The molecule has 0 unspecified atom stereocenters. The minimum absolute atomic E-state index is 0.0318. The molecule has 0 amide bonds. The van der Waals surface area contributed by atoms with Crippen molar-refractivity contribution in [2.75, 3.05) is 5.73 Å². The second-order valence-electron chi connectivity index (χ2n) is 5.02. The maximum absolute atomic E-state index is 10.7. The number of H-pyrrole nitrogens is 1. The van der Waals surface area contributed by atoms with Gasteiger partial charge in [0.25, 0.3) is 11.5 Å². The number of nitro groups is 1. The van der Waals surface area contributed by atoms with Gasteiger partial charge in [-0.25, -0.2) is 4.98 Å². The Hall–Kier alpha value is -2.94. The van der Waals surface area contributed by atoms with Crippen LogP contribution in [0.5, 0.6) is 0 Å². The summed E-state index contributed by atoms with van der Waals surface area (Å²) in [6.07, 6.45) is 2.80. The number of benzene rings is 1. The van der Waals surface area contributed by atoms with Gasteiger partial charge in [-0.15, -0.1) is 0 Å². The van der Waals surface area contributed by atoms with Gasteiger partial charge in [0.15, 0.2) is 0 Å². The third-order valence-corrected chi connectivity index (χ3v) is 3.80. The number of nitrogens with zero attached hydrogens (tertiary/aromatic N) is 2.